The maximum atomic E-state index is 13.7. The van der Waals surface area contributed by atoms with Crippen molar-refractivity contribution in [3.63, 3.8) is 0 Å². The average Bonchev–Trinajstić information content (AvgIpc) is 3.83. The number of ether oxygens (including phenoxy) is 1. The van der Waals surface area contributed by atoms with Crippen LogP contribution in [0, 0.1) is 23.7 Å². The molecule has 0 saturated heterocycles. The molecule has 0 amide bonds. The van der Waals surface area contributed by atoms with Gasteiger partial charge in [-0.15, -0.1) is 0 Å². The number of esters is 1. The standard InChI is InChI=1S/C42H70O4/c1-35(43)32-40-38(39-33-37(39)34-46-42(45)31-30-36-26-22-21-23-27-36)28-24-19-17-15-13-11-9-7-5-3-2-4-6-8-10-12-14-16-18-20-25-29-41(40)44/h21-23,26-27,35,37-40,43H,2-20,24-25,28-34H2,1H3/t35-,37?,38?,39?,40?/m0/s1. The van der Waals surface area contributed by atoms with Gasteiger partial charge in [0.25, 0.3) is 0 Å². The van der Waals surface area contributed by atoms with E-state index in [1.807, 2.05) is 25.1 Å². The molecule has 4 nitrogen and oxygen atoms in total. The van der Waals surface area contributed by atoms with Crippen molar-refractivity contribution in [1.29, 1.82) is 0 Å². The third-order valence-electron chi connectivity index (χ3n) is 10.9. The molecule has 46 heavy (non-hydrogen) atoms. The van der Waals surface area contributed by atoms with Crippen LogP contribution in [-0.4, -0.2) is 29.6 Å². The summed E-state index contributed by atoms with van der Waals surface area (Å²) < 4.78 is 5.76. The molecule has 2 aliphatic carbocycles. The fraction of sp³-hybridized carbons (Fsp3) is 0.810. The van der Waals surface area contributed by atoms with E-state index in [2.05, 4.69) is 12.1 Å². The molecule has 0 radical (unpaired) electrons. The van der Waals surface area contributed by atoms with Gasteiger partial charge in [0.1, 0.15) is 5.78 Å². The molecule has 3 rings (SSSR count). The van der Waals surface area contributed by atoms with Crippen molar-refractivity contribution >= 4 is 11.8 Å². The van der Waals surface area contributed by atoms with E-state index in [0.717, 1.165) is 37.7 Å². The maximum Gasteiger partial charge on any atom is 0.306 e. The quantitative estimate of drug-likeness (QED) is 0.288. The molecule has 2 aliphatic rings. The van der Waals surface area contributed by atoms with E-state index < -0.39 is 6.10 Å². The van der Waals surface area contributed by atoms with Gasteiger partial charge in [0.05, 0.1) is 12.7 Å². The second kappa shape index (κ2) is 24.5. The minimum absolute atomic E-state index is 0.0673. The van der Waals surface area contributed by atoms with Crippen molar-refractivity contribution in [2.45, 2.75) is 186 Å². The summed E-state index contributed by atoms with van der Waals surface area (Å²) in [6, 6.07) is 10.1. The van der Waals surface area contributed by atoms with Crippen LogP contribution in [0.2, 0.25) is 0 Å². The molecule has 2 fully saturated rings. The zero-order valence-corrected chi connectivity index (χ0v) is 29.7. The highest BCUT2D eigenvalue weighted by Crippen LogP contribution is 2.50. The van der Waals surface area contributed by atoms with Crippen molar-refractivity contribution < 1.29 is 19.4 Å². The zero-order valence-electron chi connectivity index (χ0n) is 29.7. The number of ketones is 1. The highest BCUT2D eigenvalue weighted by atomic mass is 16.5. The van der Waals surface area contributed by atoms with Gasteiger partial charge in [-0.2, -0.15) is 0 Å². The summed E-state index contributed by atoms with van der Waals surface area (Å²) >= 11 is 0. The predicted octanol–water partition coefficient (Wildman–Crippen LogP) is 11.4. The monoisotopic (exact) mass is 639 g/mol. The van der Waals surface area contributed by atoms with E-state index in [1.165, 1.54) is 116 Å². The highest BCUT2D eigenvalue weighted by molar-refractivity contribution is 5.81. The summed E-state index contributed by atoms with van der Waals surface area (Å²) in [4.78, 5) is 26.3. The maximum absolute atomic E-state index is 13.7. The average molecular weight is 639 g/mol. The highest BCUT2D eigenvalue weighted by Gasteiger charge is 2.47. The number of hydrogen-bond acceptors (Lipinski definition) is 4. The largest absolute Gasteiger partial charge is 0.465 e. The summed E-state index contributed by atoms with van der Waals surface area (Å²) in [5.74, 6) is 1.27. The fourth-order valence-corrected chi connectivity index (χ4v) is 8.00. The number of Topliss-reactive ketones (excluding diaryl/α,β-unsaturated/α-hetero) is 1. The van der Waals surface area contributed by atoms with Gasteiger partial charge in [-0.3, -0.25) is 9.59 Å². The Hall–Kier alpha value is -1.68. The third-order valence-corrected chi connectivity index (χ3v) is 10.9. The minimum Gasteiger partial charge on any atom is -0.465 e. The Balaban J connectivity index is 1.51. The number of aliphatic hydroxyl groups is 1. The lowest BCUT2D eigenvalue weighted by Gasteiger charge is -2.28. The minimum atomic E-state index is -0.468. The second-order valence-electron chi connectivity index (χ2n) is 15.1. The van der Waals surface area contributed by atoms with Gasteiger partial charge in [-0.05, 0) is 62.3 Å². The molecule has 1 N–H and O–H groups in total. The van der Waals surface area contributed by atoms with Gasteiger partial charge in [-0.25, -0.2) is 0 Å². The molecule has 262 valence electrons. The molecule has 4 heteroatoms. The van der Waals surface area contributed by atoms with E-state index in [4.69, 9.17) is 4.74 Å². The first-order chi connectivity index (χ1) is 22.5. The Morgan fingerprint density at radius 2 is 1.20 bits per heavy atom. The fourth-order valence-electron chi connectivity index (χ4n) is 8.00. The summed E-state index contributed by atoms with van der Waals surface area (Å²) in [7, 11) is 0. The van der Waals surface area contributed by atoms with E-state index in [1.54, 1.807) is 0 Å². The van der Waals surface area contributed by atoms with Crippen LogP contribution in [0.3, 0.4) is 0 Å². The van der Waals surface area contributed by atoms with Gasteiger partial charge in [0, 0.05) is 18.8 Å². The van der Waals surface area contributed by atoms with E-state index >= 15 is 0 Å². The number of hydrogen-bond donors (Lipinski definition) is 1. The molecule has 4 unspecified atom stereocenters. The lowest BCUT2D eigenvalue weighted by Crippen LogP contribution is -2.29. The Morgan fingerprint density at radius 3 is 1.70 bits per heavy atom. The van der Waals surface area contributed by atoms with E-state index in [-0.39, 0.29) is 11.9 Å². The Morgan fingerprint density at radius 1 is 0.717 bits per heavy atom. The molecule has 2 saturated carbocycles. The number of carbonyl (C=O) groups excluding carboxylic acids is 2. The van der Waals surface area contributed by atoms with Crippen molar-refractivity contribution in [3.8, 4) is 0 Å². The van der Waals surface area contributed by atoms with Crippen molar-refractivity contribution in [1.82, 2.24) is 0 Å². The normalized spacial score (nSPS) is 27.0. The van der Waals surface area contributed by atoms with E-state index in [9.17, 15) is 14.7 Å². The number of rotatable bonds is 8. The molecular formula is C42H70O4. The predicted molar refractivity (Wildman–Crippen MR) is 192 cm³/mol. The van der Waals surface area contributed by atoms with Crippen LogP contribution < -0.4 is 0 Å². The molecule has 0 bridgehead atoms. The van der Waals surface area contributed by atoms with E-state index in [0.29, 0.717) is 55.8 Å². The third kappa shape index (κ3) is 17.5. The lowest BCUT2D eigenvalue weighted by atomic mass is 9.76. The molecule has 1 aromatic carbocycles. The Bertz CT molecular complexity index is 911. The Labute approximate surface area is 283 Å². The van der Waals surface area contributed by atoms with Crippen LogP contribution in [-0.2, 0) is 20.7 Å². The van der Waals surface area contributed by atoms with Crippen molar-refractivity contribution in [3.05, 3.63) is 35.9 Å². The molecule has 0 aliphatic heterocycles. The van der Waals surface area contributed by atoms with Gasteiger partial charge in [-0.1, -0.05) is 159 Å². The molecular weight excluding hydrogens is 568 g/mol. The summed E-state index contributed by atoms with van der Waals surface area (Å²) in [6.45, 7) is 2.32. The smallest absolute Gasteiger partial charge is 0.306 e. The first kappa shape index (κ1) is 38.8. The van der Waals surface area contributed by atoms with Crippen LogP contribution in [0.25, 0.3) is 0 Å². The summed E-state index contributed by atoms with van der Waals surface area (Å²) in [6.07, 6.45) is 31.8. The summed E-state index contributed by atoms with van der Waals surface area (Å²) in [5, 5.41) is 10.5. The molecule has 0 aromatic heterocycles. The first-order valence-corrected chi connectivity index (χ1v) is 19.9. The second-order valence-corrected chi connectivity index (χ2v) is 15.1. The van der Waals surface area contributed by atoms with Crippen molar-refractivity contribution in [2.75, 3.05) is 6.61 Å². The van der Waals surface area contributed by atoms with Gasteiger partial charge < -0.3 is 9.84 Å². The number of aryl methyl sites for hydroxylation is 1. The number of benzene rings is 1. The van der Waals surface area contributed by atoms with Crippen molar-refractivity contribution in [2.24, 2.45) is 23.7 Å². The van der Waals surface area contributed by atoms with Crippen LogP contribution in [0.5, 0.6) is 0 Å². The molecule has 1 aromatic rings. The molecule has 0 heterocycles. The summed E-state index contributed by atoms with van der Waals surface area (Å²) in [5.41, 5.74) is 1.16. The SMILES string of the molecule is C[C@H](O)CC1C(=O)CCCCCCCCCCCCCCCCCCCCCCCC1C1CC1COC(=O)CCc1ccccc1. The van der Waals surface area contributed by atoms with Crippen LogP contribution >= 0.6 is 0 Å². The lowest BCUT2D eigenvalue weighted by molar-refractivity contribution is -0.144. The zero-order chi connectivity index (χ0) is 32.7. The van der Waals surface area contributed by atoms with Crippen LogP contribution in [0.4, 0.5) is 0 Å². The van der Waals surface area contributed by atoms with Crippen LogP contribution in [0.15, 0.2) is 30.3 Å². The van der Waals surface area contributed by atoms with Gasteiger partial charge in [0.15, 0.2) is 0 Å². The number of carbonyl (C=O) groups is 2. The molecule has 0 spiro atoms. The molecule has 5 atom stereocenters. The van der Waals surface area contributed by atoms with Crippen LogP contribution in [0.1, 0.15) is 179 Å². The first-order valence-electron chi connectivity index (χ1n) is 19.9. The van der Waals surface area contributed by atoms with Gasteiger partial charge in [0.2, 0.25) is 0 Å². The number of aliphatic hydroxyl groups excluding tert-OH is 1. The Kier molecular flexibility index (Phi) is 20.6. The topological polar surface area (TPSA) is 63.6 Å². The van der Waals surface area contributed by atoms with Gasteiger partial charge >= 0.3 is 5.97 Å².